The summed E-state index contributed by atoms with van der Waals surface area (Å²) in [5.41, 5.74) is 0. The van der Waals surface area contributed by atoms with Gasteiger partial charge in [0, 0.05) is 6.42 Å². The number of rotatable bonds is 11. The molecule has 0 fully saturated rings. The highest BCUT2D eigenvalue weighted by Crippen LogP contribution is 2.17. The molecule has 0 aromatic heterocycles. The molecule has 102 valence electrons. The van der Waals surface area contributed by atoms with Crippen LogP contribution in [-0.2, 0) is 4.79 Å². The third-order valence-corrected chi connectivity index (χ3v) is 3.32. The summed E-state index contributed by atoms with van der Waals surface area (Å²) in [6, 6.07) is 0. The number of hydrogen-bond acceptors (Lipinski definition) is 1. The van der Waals surface area contributed by atoms with Gasteiger partial charge in [-0.3, -0.25) is 4.79 Å². The minimum absolute atomic E-state index is 0.334. The second-order valence-corrected chi connectivity index (χ2v) is 5.78. The zero-order chi connectivity index (χ0) is 13.1. The Morgan fingerprint density at radius 1 is 0.882 bits per heavy atom. The van der Waals surface area contributed by atoms with E-state index in [0.29, 0.717) is 6.42 Å². The van der Waals surface area contributed by atoms with Crippen molar-refractivity contribution >= 4 is 5.97 Å². The summed E-state index contributed by atoms with van der Waals surface area (Å²) in [6.07, 6.45) is 10.2. The van der Waals surface area contributed by atoms with Gasteiger partial charge in [0.1, 0.15) is 0 Å². The number of unbranched alkanes of at least 4 members (excludes halogenated alkanes) is 3. The topological polar surface area (TPSA) is 37.3 Å². The number of carbonyl (C=O) groups is 1. The monoisotopic (exact) mass is 242 g/mol. The fraction of sp³-hybridized carbons (Fsp3) is 0.933. The lowest BCUT2D eigenvalue weighted by Gasteiger charge is -2.11. The van der Waals surface area contributed by atoms with E-state index < -0.39 is 5.97 Å². The van der Waals surface area contributed by atoms with Gasteiger partial charge in [0.2, 0.25) is 0 Å². The van der Waals surface area contributed by atoms with Crippen molar-refractivity contribution in [3.8, 4) is 0 Å². The van der Waals surface area contributed by atoms with Crippen molar-refractivity contribution in [3.05, 3.63) is 0 Å². The van der Waals surface area contributed by atoms with Crippen molar-refractivity contribution in [2.24, 2.45) is 11.8 Å². The molecule has 0 heterocycles. The zero-order valence-corrected chi connectivity index (χ0v) is 11.9. The molecule has 0 amide bonds. The van der Waals surface area contributed by atoms with Gasteiger partial charge in [-0.15, -0.1) is 0 Å². The Morgan fingerprint density at radius 3 is 1.94 bits per heavy atom. The Balaban J connectivity index is 3.23. The highest BCUT2D eigenvalue weighted by molar-refractivity contribution is 5.66. The molecular weight excluding hydrogens is 212 g/mol. The molecule has 2 heteroatoms. The van der Waals surface area contributed by atoms with E-state index in [-0.39, 0.29) is 0 Å². The van der Waals surface area contributed by atoms with Gasteiger partial charge in [-0.25, -0.2) is 0 Å². The Hall–Kier alpha value is -0.530. The van der Waals surface area contributed by atoms with Crippen LogP contribution in [0.25, 0.3) is 0 Å². The molecule has 1 atom stereocenters. The number of aliphatic carboxylic acids is 1. The van der Waals surface area contributed by atoms with E-state index in [4.69, 9.17) is 5.11 Å². The molecule has 0 radical (unpaired) electrons. The van der Waals surface area contributed by atoms with Crippen molar-refractivity contribution < 1.29 is 9.90 Å². The second-order valence-electron chi connectivity index (χ2n) is 5.78. The first-order chi connectivity index (χ1) is 8.02. The molecular formula is C15H30O2. The maximum absolute atomic E-state index is 10.3. The maximum Gasteiger partial charge on any atom is 0.303 e. The van der Waals surface area contributed by atoms with Crippen molar-refractivity contribution in [3.63, 3.8) is 0 Å². The fourth-order valence-electron chi connectivity index (χ4n) is 2.14. The molecule has 0 saturated heterocycles. The Kier molecular flexibility index (Phi) is 10.3. The van der Waals surface area contributed by atoms with Crippen LogP contribution in [0.5, 0.6) is 0 Å². The summed E-state index contributed by atoms with van der Waals surface area (Å²) >= 11 is 0. The molecule has 0 aliphatic rings. The molecule has 1 unspecified atom stereocenters. The first-order valence-electron chi connectivity index (χ1n) is 7.24. The van der Waals surface area contributed by atoms with Crippen LogP contribution in [-0.4, -0.2) is 11.1 Å². The van der Waals surface area contributed by atoms with E-state index in [1.165, 1.54) is 38.5 Å². The van der Waals surface area contributed by atoms with Gasteiger partial charge in [0.25, 0.3) is 0 Å². The summed E-state index contributed by atoms with van der Waals surface area (Å²) in [4.78, 5) is 10.3. The number of carboxylic acids is 1. The number of hydrogen-bond donors (Lipinski definition) is 1. The highest BCUT2D eigenvalue weighted by Gasteiger charge is 2.03. The largest absolute Gasteiger partial charge is 0.481 e. The molecule has 1 N–H and O–H groups in total. The molecule has 17 heavy (non-hydrogen) atoms. The van der Waals surface area contributed by atoms with Crippen molar-refractivity contribution in [2.45, 2.75) is 78.6 Å². The van der Waals surface area contributed by atoms with Gasteiger partial charge in [0.15, 0.2) is 0 Å². The lowest BCUT2D eigenvalue weighted by molar-refractivity contribution is -0.137. The second kappa shape index (κ2) is 10.6. The van der Waals surface area contributed by atoms with Crippen LogP contribution in [0.1, 0.15) is 78.6 Å². The van der Waals surface area contributed by atoms with Gasteiger partial charge < -0.3 is 5.11 Å². The highest BCUT2D eigenvalue weighted by atomic mass is 16.4. The lowest BCUT2D eigenvalue weighted by Crippen LogP contribution is -1.98. The van der Waals surface area contributed by atoms with Crippen LogP contribution in [0.3, 0.4) is 0 Å². The molecule has 0 spiro atoms. The molecule has 0 bridgehead atoms. The maximum atomic E-state index is 10.3. The van der Waals surface area contributed by atoms with Gasteiger partial charge in [-0.05, 0) is 18.3 Å². The van der Waals surface area contributed by atoms with E-state index in [1.54, 1.807) is 0 Å². The summed E-state index contributed by atoms with van der Waals surface area (Å²) in [6.45, 7) is 6.86. The third-order valence-electron chi connectivity index (χ3n) is 3.32. The van der Waals surface area contributed by atoms with E-state index in [1.807, 2.05) is 0 Å². The van der Waals surface area contributed by atoms with Crippen molar-refractivity contribution in [1.82, 2.24) is 0 Å². The number of carboxylic acid groups (broad SMARTS) is 1. The minimum atomic E-state index is -0.661. The molecule has 2 nitrogen and oxygen atoms in total. The average molecular weight is 242 g/mol. The van der Waals surface area contributed by atoms with Crippen molar-refractivity contribution in [1.29, 1.82) is 0 Å². The van der Waals surface area contributed by atoms with E-state index >= 15 is 0 Å². The fourth-order valence-corrected chi connectivity index (χ4v) is 2.14. The van der Waals surface area contributed by atoms with Crippen LogP contribution < -0.4 is 0 Å². The van der Waals surface area contributed by atoms with Gasteiger partial charge in [-0.2, -0.15) is 0 Å². The summed E-state index contributed by atoms with van der Waals surface area (Å²) in [5, 5.41) is 8.52. The minimum Gasteiger partial charge on any atom is -0.481 e. The molecule has 0 rings (SSSR count). The normalized spacial score (nSPS) is 12.9. The standard InChI is InChI=1S/C15H30O2/c1-13(2)9-5-4-6-10-14(3)11-7-8-12-15(16)17/h13-14H,4-12H2,1-3H3,(H,16,17). The Labute approximate surface area is 107 Å². The Morgan fingerprint density at radius 2 is 1.41 bits per heavy atom. The van der Waals surface area contributed by atoms with Crippen LogP contribution in [0, 0.1) is 11.8 Å². The van der Waals surface area contributed by atoms with E-state index in [2.05, 4.69) is 20.8 Å². The van der Waals surface area contributed by atoms with E-state index in [0.717, 1.165) is 24.7 Å². The summed E-state index contributed by atoms with van der Waals surface area (Å²) in [5.74, 6) is 0.942. The van der Waals surface area contributed by atoms with Gasteiger partial charge in [-0.1, -0.05) is 65.7 Å². The third kappa shape index (κ3) is 13.4. The SMILES string of the molecule is CC(C)CCCCCC(C)CCCCC(=O)O. The summed E-state index contributed by atoms with van der Waals surface area (Å²) in [7, 11) is 0. The molecule has 0 aliphatic heterocycles. The van der Waals surface area contributed by atoms with Gasteiger partial charge >= 0.3 is 5.97 Å². The average Bonchev–Trinajstić information content (AvgIpc) is 2.23. The molecule has 0 aromatic rings. The van der Waals surface area contributed by atoms with E-state index in [9.17, 15) is 4.79 Å². The molecule has 0 aromatic carbocycles. The van der Waals surface area contributed by atoms with Crippen LogP contribution in [0.15, 0.2) is 0 Å². The van der Waals surface area contributed by atoms with Crippen molar-refractivity contribution in [2.75, 3.05) is 0 Å². The van der Waals surface area contributed by atoms with Gasteiger partial charge in [0.05, 0.1) is 0 Å². The smallest absolute Gasteiger partial charge is 0.303 e. The summed E-state index contributed by atoms with van der Waals surface area (Å²) < 4.78 is 0. The predicted molar refractivity (Wildman–Crippen MR) is 73.2 cm³/mol. The quantitative estimate of drug-likeness (QED) is 0.525. The molecule has 0 aliphatic carbocycles. The first kappa shape index (κ1) is 16.5. The van der Waals surface area contributed by atoms with Crippen LogP contribution >= 0.6 is 0 Å². The van der Waals surface area contributed by atoms with Crippen LogP contribution in [0.2, 0.25) is 0 Å². The van der Waals surface area contributed by atoms with Crippen LogP contribution in [0.4, 0.5) is 0 Å². The first-order valence-corrected chi connectivity index (χ1v) is 7.24. The molecule has 0 saturated carbocycles. The Bertz CT molecular complexity index is 187. The zero-order valence-electron chi connectivity index (χ0n) is 11.9. The lowest BCUT2D eigenvalue weighted by atomic mass is 9.96. The predicted octanol–water partition coefficient (Wildman–Crippen LogP) is 4.87.